The average molecular weight is 381 g/mol. The summed E-state index contributed by atoms with van der Waals surface area (Å²) < 4.78 is 18.6. The third-order valence-corrected chi connectivity index (χ3v) is 4.11. The van der Waals surface area contributed by atoms with Gasteiger partial charge in [-0.15, -0.1) is 0 Å². The highest BCUT2D eigenvalue weighted by Gasteiger charge is 2.17. The Hall–Kier alpha value is -3.33. The normalized spacial score (nSPS) is 12.0. The number of rotatable bonds is 8. The summed E-state index contributed by atoms with van der Waals surface area (Å²) >= 11 is 0. The van der Waals surface area contributed by atoms with E-state index in [0.717, 1.165) is 16.7 Å². The SMILES string of the molecule is CCOc1ccc(C)cc1C(C)NC(=O)/C(C#N)=C\NCc1ccc(F)cc1. The van der Waals surface area contributed by atoms with Crippen molar-refractivity contribution < 1.29 is 13.9 Å². The van der Waals surface area contributed by atoms with Gasteiger partial charge in [0.25, 0.3) is 5.91 Å². The van der Waals surface area contributed by atoms with E-state index in [1.807, 2.05) is 45.0 Å². The number of hydrogen-bond acceptors (Lipinski definition) is 4. The molecule has 0 aliphatic rings. The van der Waals surface area contributed by atoms with Crippen molar-refractivity contribution in [1.82, 2.24) is 10.6 Å². The Kier molecular flexibility index (Phi) is 7.58. The minimum atomic E-state index is -0.481. The molecule has 0 aromatic heterocycles. The molecular formula is C22H24FN3O2. The predicted octanol–water partition coefficient (Wildman–Crippen LogP) is 3.91. The highest BCUT2D eigenvalue weighted by atomic mass is 19.1. The molecule has 1 unspecified atom stereocenters. The van der Waals surface area contributed by atoms with Gasteiger partial charge in [0.2, 0.25) is 0 Å². The van der Waals surface area contributed by atoms with Gasteiger partial charge in [-0.25, -0.2) is 4.39 Å². The molecule has 28 heavy (non-hydrogen) atoms. The molecule has 6 heteroatoms. The minimum absolute atomic E-state index is 0.0421. The number of aryl methyl sites for hydroxylation is 1. The lowest BCUT2D eigenvalue weighted by atomic mass is 10.0. The van der Waals surface area contributed by atoms with Crippen LogP contribution < -0.4 is 15.4 Å². The van der Waals surface area contributed by atoms with Gasteiger partial charge in [-0.2, -0.15) is 5.26 Å². The van der Waals surface area contributed by atoms with Crippen LogP contribution in [0.3, 0.4) is 0 Å². The van der Waals surface area contributed by atoms with E-state index < -0.39 is 5.91 Å². The molecule has 0 radical (unpaired) electrons. The van der Waals surface area contributed by atoms with E-state index in [2.05, 4.69) is 10.6 Å². The van der Waals surface area contributed by atoms with Crippen LogP contribution in [0.5, 0.6) is 5.75 Å². The second-order valence-corrected chi connectivity index (χ2v) is 6.35. The van der Waals surface area contributed by atoms with Gasteiger partial charge in [0.05, 0.1) is 12.6 Å². The van der Waals surface area contributed by atoms with Crippen molar-refractivity contribution in [3.8, 4) is 11.8 Å². The second kappa shape index (κ2) is 10.1. The Morgan fingerprint density at radius 1 is 1.29 bits per heavy atom. The summed E-state index contributed by atoms with van der Waals surface area (Å²) in [5.41, 5.74) is 2.70. The Balaban J connectivity index is 2.04. The van der Waals surface area contributed by atoms with Crippen molar-refractivity contribution in [2.45, 2.75) is 33.4 Å². The monoisotopic (exact) mass is 381 g/mol. The molecule has 0 aliphatic heterocycles. The van der Waals surface area contributed by atoms with E-state index in [1.165, 1.54) is 18.3 Å². The van der Waals surface area contributed by atoms with Crippen molar-refractivity contribution in [3.63, 3.8) is 0 Å². The number of benzene rings is 2. The number of nitriles is 1. The molecule has 2 aromatic carbocycles. The fourth-order valence-corrected chi connectivity index (χ4v) is 2.67. The minimum Gasteiger partial charge on any atom is -0.494 e. The number of nitrogens with one attached hydrogen (secondary N) is 2. The molecule has 5 nitrogen and oxygen atoms in total. The van der Waals surface area contributed by atoms with Crippen LogP contribution in [0.1, 0.15) is 36.6 Å². The molecule has 2 N–H and O–H groups in total. The zero-order valence-corrected chi connectivity index (χ0v) is 16.3. The molecule has 0 bridgehead atoms. The van der Waals surface area contributed by atoms with Gasteiger partial charge in [-0.1, -0.05) is 29.8 Å². The summed E-state index contributed by atoms with van der Waals surface area (Å²) in [6.07, 6.45) is 1.37. The molecule has 0 heterocycles. The van der Waals surface area contributed by atoms with E-state index in [4.69, 9.17) is 4.74 Å². The first-order valence-electron chi connectivity index (χ1n) is 9.07. The second-order valence-electron chi connectivity index (χ2n) is 6.35. The first-order valence-corrected chi connectivity index (χ1v) is 9.07. The number of hydrogen-bond donors (Lipinski definition) is 2. The zero-order valence-electron chi connectivity index (χ0n) is 16.3. The number of amides is 1. The van der Waals surface area contributed by atoms with Crippen LogP contribution in [0.2, 0.25) is 0 Å². The molecule has 0 aliphatic carbocycles. The largest absolute Gasteiger partial charge is 0.494 e. The van der Waals surface area contributed by atoms with Gasteiger partial charge in [-0.05, 0) is 44.5 Å². The molecule has 0 saturated carbocycles. The Labute approximate surface area is 164 Å². The highest BCUT2D eigenvalue weighted by molar-refractivity contribution is 5.97. The molecule has 1 atom stereocenters. The standard InChI is InChI=1S/C22H24FN3O2/c1-4-28-21-10-5-15(2)11-20(21)16(3)26-22(27)18(12-24)14-25-13-17-6-8-19(23)9-7-17/h5-11,14,16,25H,4,13H2,1-3H3,(H,26,27)/b18-14-. The first kappa shape index (κ1) is 21.0. The Morgan fingerprint density at radius 2 is 2.00 bits per heavy atom. The maximum absolute atomic E-state index is 12.9. The number of ether oxygens (including phenoxy) is 1. The van der Waals surface area contributed by atoms with Crippen LogP contribution in [0.15, 0.2) is 54.2 Å². The van der Waals surface area contributed by atoms with Crippen LogP contribution in [0, 0.1) is 24.1 Å². The third-order valence-electron chi connectivity index (χ3n) is 4.11. The average Bonchev–Trinajstić information content (AvgIpc) is 2.68. The summed E-state index contributed by atoms with van der Waals surface area (Å²) in [6.45, 7) is 6.61. The van der Waals surface area contributed by atoms with E-state index in [1.54, 1.807) is 12.1 Å². The fraction of sp³-hybridized carbons (Fsp3) is 0.273. The lowest BCUT2D eigenvalue weighted by Crippen LogP contribution is -2.29. The fourth-order valence-electron chi connectivity index (χ4n) is 2.67. The van der Waals surface area contributed by atoms with Crippen LogP contribution in [0.25, 0.3) is 0 Å². The number of carbonyl (C=O) groups excluding carboxylic acids is 1. The van der Waals surface area contributed by atoms with Gasteiger partial charge in [0, 0.05) is 18.3 Å². The highest BCUT2D eigenvalue weighted by Crippen LogP contribution is 2.26. The maximum Gasteiger partial charge on any atom is 0.263 e. The molecule has 1 amide bonds. The van der Waals surface area contributed by atoms with E-state index >= 15 is 0 Å². The first-order chi connectivity index (χ1) is 13.4. The maximum atomic E-state index is 12.9. The molecule has 2 rings (SSSR count). The summed E-state index contributed by atoms with van der Waals surface area (Å²) in [7, 11) is 0. The molecule has 2 aromatic rings. The van der Waals surface area contributed by atoms with Crippen molar-refractivity contribution in [2.75, 3.05) is 6.61 Å². The zero-order chi connectivity index (χ0) is 20.5. The van der Waals surface area contributed by atoms with Gasteiger partial charge in [0.15, 0.2) is 0 Å². The third kappa shape index (κ3) is 5.85. The van der Waals surface area contributed by atoms with E-state index in [0.29, 0.717) is 18.9 Å². The summed E-state index contributed by atoms with van der Waals surface area (Å²) in [5.74, 6) is -0.0867. The van der Waals surface area contributed by atoms with Gasteiger partial charge < -0.3 is 15.4 Å². The summed E-state index contributed by atoms with van der Waals surface area (Å²) in [6, 6.07) is 13.3. The molecular weight excluding hydrogens is 357 g/mol. The molecule has 146 valence electrons. The number of carbonyl (C=O) groups is 1. The van der Waals surface area contributed by atoms with E-state index in [9.17, 15) is 14.4 Å². The predicted molar refractivity (Wildman–Crippen MR) is 106 cm³/mol. The number of nitrogens with zero attached hydrogens (tertiary/aromatic N) is 1. The lowest BCUT2D eigenvalue weighted by Gasteiger charge is -2.18. The van der Waals surface area contributed by atoms with Crippen LogP contribution in [0.4, 0.5) is 4.39 Å². The molecule has 0 saturated heterocycles. The van der Waals surface area contributed by atoms with Crippen molar-refractivity contribution >= 4 is 5.91 Å². The van der Waals surface area contributed by atoms with Crippen LogP contribution in [-0.2, 0) is 11.3 Å². The van der Waals surface area contributed by atoms with E-state index in [-0.39, 0.29) is 17.4 Å². The quantitative estimate of drug-likeness (QED) is 0.537. The van der Waals surface area contributed by atoms with Crippen molar-refractivity contribution in [1.29, 1.82) is 5.26 Å². The van der Waals surface area contributed by atoms with Crippen molar-refractivity contribution in [2.24, 2.45) is 0 Å². The Morgan fingerprint density at radius 3 is 2.64 bits per heavy atom. The molecule has 0 spiro atoms. The number of halogens is 1. The van der Waals surface area contributed by atoms with Crippen LogP contribution in [-0.4, -0.2) is 12.5 Å². The Bertz CT molecular complexity index is 886. The summed E-state index contributed by atoms with van der Waals surface area (Å²) in [4.78, 5) is 12.5. The van der Waals surface area contributed by atoms with Crippen molar-refractivity contribution in [3.05, 3.63) is 76.7 Å². The van der Waals surface area contributed by atoms with Gasteiger partial charge >= 0.3 is 0 Å². The van der Waals surface area contributed by atoms with Crippen LogP contribution >= 0.6 is 0 Å². The smallest absolute Gasteiger partial charge is 0.263 e. The summed E-state index contributed by atoms with van der Waals surface area (Å²) in [5, 5.41) is 15.0. The molecule has 0 fully saturated rings. The lowest BCUT2D eigenvalue weighted by molar-refractivity contribution is -0.117. The topological polar surface area (TPSA) is 74.1 Å². The van der Waals surface area contributed by atoms with Gasteiger partial charge in [0.1, 0.15) is 23.2 Å². The van der Waals surface area contributed by atoms with Gasteiger partial charge in [-0.3, -0.25) is 4.79 Å².